The standard InChI is InChI=1S/C10H15NO/c1-11-6-3-2-4-10(11)9-5-7-12-8-9/h5,7-8,10H,2-4,6H2,1H3. The lowest BCUT2D eigenvalue weighted by Crippen LogP contribution is -2.29. The number of hydrogen-bond donors (Lipinski definition) is 0. The van der Waals surface area contributed by atoms with Gasteiger partial charge in [0.2, 0.25) is 0 Å². The molecule has 2 nitrogen and oxygen atoms in total. The summed E-state index contributed by atoms with van der Waals surface area (Å²) in [5, 5.41) is 0. The fraction of sp³-hybridized carbons (Fsp3) is 0.600. The van der Waals surface area contributed by atoms with Gasteiger partial charge in [0.15, 0.2) is 0 Å². The van der Waals surface area contributed by atoms with Crippen molar-refractivity contribution in [2.24, 2.45) is 0 Å². The van der Waals surface area contributed by atoms with Crippen LogP contribution < -0.4 is 0 Å². The molecule has 1 aromatic heterocycles. The van der Waals surface area contributed by atoms with E-state index in [9.17, 15) is 0 Å². The molecule has 0 aliphatic carbocycles. The lowest BCUT2D eigenvalue weighted by molar-refractivity contribution is 0.186. The van der Waals surface area contributed by atoms with E-state index in [0.29, 0.717) is 6.04 Å². The van der Waals surface area contributed by atoms with Crippen molar-refractivity contribution in [3.63, 3.8) is 0 Å². The van der Waals surface area contributed by atoms with Crippen LogP contribution >= 0.6 is 0 Å². The predicted molar refractivity (Wildman–Crippen MR) is 47.9 cm³/mol. The molecule has 2 heteroatoms. The quantitative estimate of drug-likeness (QED) is 0.635. The van der Waals surface area contributed by atoms with E-state index in [2.05, 4.69) is 18.0 Å². The summed E-state index contributed by atoms with van der Waals surface area (Å²) in [6.45, 7) is 1.22. The van der Waals surface area contributed by atoms with Crippen LogP contribution in [0, 0.1) is 0 Å². The van der Waals surface area contributed by atoms with Crippen LogP contribution in [0.1, 0.15) is 30.9 Å². The number of likely N-dealkylation sites (tertiary alicyclic amines) is 1. The lowest BCUT2D eigenvalue weighted by atomic mass is 9.98. The Morgan fingerprint density at radius 3 is 3.08 bits per heavy atom. The SMILES string of the molecule is CN1CCCCC1c1ccoc1. The Hall–Kier alpha value is -0.760. The van der Waals surface area contributed by atoms with Crippen molar-refractivity contribution >= 4 is 0 Å². The van der Waals surface area contributed by atoms with Crippen molar-refractivity contribution in [1.29, 1.82) is 0 Å². The van der Waals surface area contributed by atoms with Crippen LogP contribution in [-0.4, -0.2) is 18.5 Å². The van der Waals surface area contributed by atoms with E-state index in [0.717, 1.165) is 0 Å². The summed E-state index contributed by atoms with van der Waals surface area (Å²) in [6.07, 6.45) is 7.59. The van der Waals surface area contributed by atoms with Crippen molar-refractivity contribution in [2.75, 3.05) is 13.6 Å². The normalized spacial score (nSPS) is 25.9. The Labute approximate surface area is 73.2 Å². The van der Waals surface area contributed by atoms with E-state index in [1.807, 2.05) is 6.26 Å². The Bertz CT molecular complexity index is 230. The summed E-state index contributed by atoms with van der Waals surface area (Å²) >= 11 is 0. The van der Waals surface area contributed by atoms with Gasteiger partial charge in [0, 0.05) is 11.6 Å². The Balaban J connectivity index is 2.11. The van der Waals surface area contributed by atoms with Gasteiger partial charge < -0.3 is 4.42 Å². The second-order valence-corrected chi connectivity index (χ2v) is 3.55. The molecule has 1 aromatic rings. The second kappa shape index (κ2) is 3.31. The van der Waals surface area contributed by atoms with Crippen LogP contribution in [0.5, 0.6) is 0 Å². The van der Waals surface area contributed by atoms with Crippen LogP contribution in [0.3, 0.4) is 0 Å². The van der Waals surface area contributed by atoms with Crippen LogP contribution in [0.4, 0.5) is 0 Å². The molecule has 1 saturated heterocycles. The molecule has 0 spiro atoms. The Morgan fingerprint density at radius 1 is 1.50 bits per heavy atom. The largest absolute Gasteiger partial charge is 0.472 e. The molecule has 0 amide bonds. The monoisotopic (exact) mass is 165 g/mol. The van der Waals surface area contributed by atoms with Gasteiger partial charge in [0.05, 0.1) is 12.5 Å². The van der Waals surface area contributed by atoms with Crippen molar-refractivity contribution < 1.29 is 4.42 Å². The Morgan fingerprint density at radius 2 is 2.42 bits per heavy atom. The van der Waals surface area contributed by atoms with Gasteiger partial charge in [-0.2, -0.15) is 0 Å². The summed E-state index contributed by atoms with van der Waals surface area (Å²) in [5.41, 5.74) is 1.33. The number of rotatable bonds is 1. The number of piperidine rings is 1. The third kappa shape index (κ3) is 1.39. The van der Waals surface area contributed by atoms with Gasteiger partial charge in [-0.05, 0) is 32.5 Å². The van der Waals surface area contributed by atoms with E-state index in [1.165, 1.54) is 31.4 Å². The minimum Gasteiger partial charge on any atom is -0.472 e. The minimum absolute atomic E-state index is 0.595. The molecule has 2 heterocycles. The van der Waals surface area contributed by atoms with Gasteiger partial charge in [-0.15, -0.1) is 0 Å². The van der Waals surface area contributed by atoms with Gasteiger partial charge in [0.25, 0.3) is 0 Å². The lowest BCUT2D eigenvalue weighted by Gasteiger charge is -2.31. The molecule has 0 radical (unpaired) electrons. The molecule has 1 unspecified atom stereocenters. The van der Waals surface area contributed by atoms with Gasteiger partial charge in [-0.1, -0.05) is 6.42 Å². The average Bonchev–Trinajstić information content (AvgIpc) is 2.57. The molecule has 1 atom stereocenters. The predicted octanol–water partition coefficient (Wildman–Crippen LogP) is 2.44. The van der Waals surface area contributed by atoms with Crippen molar-refractivity contribution in [3.05, 3.63) is 24.2 Å². The zero-order valence-corrected chi connectivity index (χ0v) is 7.49. The van der Waals surface area contributed by atoms with E-state index in [4.69, 9.17) is 4.42 Å². The van der Waals surface area contributed by atoms with Crippen molar-refractivity contribution in [1.82, 2.24) is 4.90 Å². The third-order valence-corrected chi connectivity index (χ3v) is 2.70. The summed E-state index contributed by atoms with van der Waals surface area (Å²) in [7, 11) is 2.19. The molecule has 66 valence electrons. The fourth-order valence-corrected chi connectivity index (χ4v) is 1.96. The molecule has 1 fully saturated rings. The first-order valence-electron chi connectivity index (χ1n) is 4.60. The molecular formula is C10H15NO. The number of furan rings is 1. The molecule has 0 bridgehead atoms. The smallest absolute Gasteiger partial charge is 0.0950 e. The maximum atomic E-state index is 5.09. The number of nitrogens with zero attached hydrogens (tertiary/aromatic N) is 1. The molecule has 0 saturated carbocycles. The molecule has 12 heavy (non-hydrogen) atoms. The molecule has 1 aliphatic heterocycles. The zero-order valence-electron chi connectivity index (χ0n) is 7.49. The van der Waals surface area contributed by atoms with E-state index < -0.39 is 0 Å². The second-order valence-electron chi connectivity index (χ2n) is 3.55. The summed E-state index contributed by atoms with van der Waals surface area (Å²) in [5.74, 6) is 0. The first-order valence-corrected chi connectivity index (χ1v) is 4.60. The van der Waals surface area contributed by atoms with Gasteiger partial charge in [-0.3, -0.25) is 4.90 Å². The highest BCUT2D eigenvalue weighted by Crippen LogP contribution is 2.29. The van der Waals surface area contributed by atoms with Crippen molar-refractivity contribution in [3.8, 4) is 0 Å². The number of hydrogen-bond acceptors (Lipinski definition) is 2. The molecule has 0 aromatic carbocycles. The average molecular weight is 165 g/mol. The highest BCUT2D eigenvalue weighted by molar-refractivity contribution is 5.12. The maximum absolute atomic E-state index is 5.09. The molecular weight excluding hydrogens is 150 g/mol. The van der Waals surface area contributed by atoms with E-state index in [1.54, 1.807) is 6.26 Å². The topological polar surface area (TPSA) is 16.4 Å². The van der Waals surface area contributed by atoms with Gasteiger partial charge in [0.1, 0.15) is 0 Å². The first kappa shape index (κ1) is 7.87. The van der Waals surface area contributed by atoms with E-state index >= 15 is 0 Å². The van der Waals surface area contributed by atoms with Crippen LogP contribution in [-0.2, 0) is 0 Å². The molecule has 0 N–H and O–H groups in total. The highest BCUT2D eigenvalue weighted by Gasteiger charge is 2.20. The maximum Gasteiger partial charge on any atom is 0.0950 e. The van der Waals surface area contributed by atoms with Crippen LogP contribution in [0.25, 0.3) is 0 Å². The van der Waals surface area contributed by atoms with Crippen LogP contribution in [0.2, 0.25) is 0 Å². The summed E-state index contributed by atoms with van der Waals surface area (Å²) < 4.78 is 5.09. The summed E-state index contributed by atoms with van der Waals surface area (Å²) in [6, 6.07) is 2.67. The first-order chi connectivity index (χ1) is 5.88. The van der Waals surface area contributed by atoms with Gasteiger partial charge in [-0.25, -0.2) is 0 Å². The fourth-order valence-electron chi connectivity index (χ4n) is 1.96. The minimum atomic E-state index is 0.595. The molecule has 2 rings (SSSR count). The van der Waals surface area contributed by atoms with Gasteiger partial charge >= 0.3 is 0 Å². The van der Waals surface area contributed by atoms with Crippen LogP contribution in [0.15, 0.2) is 23.0 Å². The third-order valence-electron chi connectivity index (χ3n) is 2.70. The highest BCUT2D eigenvalue weighted by atomic mass is 16.3. The van der Waals surface area contributed by atoms with Crippen molar-refractivity contribution in [2.45, 2.75) is 25.3 Å². The molecule has 1 aliphatic rings. The summed E-state index contributed by atoms with van der Waals surface area (Å²) in [4.78, 5) is 2.41. The zero-order chi connectivity index (χ0) is 8.39. The Kier molecular flexibility index (Phi) is 2.17. The van der Waals surface area contributed by atoms with E-state index in [-0.39, 0.29) is 0 Å².